The summed E-state index contributed by atoms with van der Waals surface area (Å²) in [6.07, 6.45) is 0. The third-order valence-corrected chi connectivity index (χ3v) is 4.87. The summed E-state index contributed by atoms with van der Waals surface area (Å²) < 4.78 is 29.9. The molecule has 0 bridgehead atoms. The highest BCUT2D eigenvalue weighted by atomic mass is 35.5. The van der Waals surface area contributed by atoms with Crippen LogP contribution in [-0.2, 0) is 16.4 Å². The normalized spacial score (nSPS) is 11.3. The van der Waals surface area contributed by atoms with Gasteiger partial charge in [-0.2, -0.15) is 0 Å². The molecule has 0 aliphatic carbocycles. The van der Waals surface area contributed by atoms with E-state index in [1.54, 1.807) is 18.2 Å². The Morgan fingerprint density at radius 1 is 1.10 bits per heavy atom. The lowest BCUT2D eigenvalue weighted by molar-refractivity contribution is 0.337. The molecule has 0 aromatic heterocycles. The molecule has 112 valence electrons. The van der Waals surface area contributed by atoms with Crippen molar-refractivity contribution in [3.8, 4) is 5.75 Å². The van der Waals surface area contributed by atoms with Crippen LogP contribution >= 0.6 is 11.6 Å². The SMILES string of the molecule is NCc1ccccc1OCCS(=O)(=O)c1cccc(Cl)c1. The summed E-state index contributed by atoms with van der Waals surface area (Å²) in [5.41, 5.74) is 6.45. The Morgan fingerprint density at radius 2 is 1.86 bits per heavy atom. The van der Waals surface area contributed by atoms with Gasteiger partial charge in [-0.1, -0.05) is 35.9 Å². The molecule has 0 heterocycles. The molecule has 2 N–H and O–H groups in total. The molecule has 0 fully saturated rings. The Balaban J connectivity index is 2.03. The number of hydrogen-bond acceptors (Lipinski definition) is 4. The van der Waals surface area contributed by atoms with Crippen molar-refractivity contribution >= 4 is 21.4 Å². The molecule has 6 heteroatoms. The van der Waals surface area contributed by atoms with Crippen molar-refractivity contribution in [3.63, 3.8) is 0 Å². The van der Waals surface area contributed by atoms with Crippen LogP contribution in [0.4, 0.5) is 0 Å². The van der Waals surface area contributed by atoms with Gasteiger partial charge in [0.25, 0.3) is 0 Å². The standard InChI is InChI=1S/C15H16ClNO3S/c16-13-5-3-6-14(10-13)21(18,19)9-8-20-15-7-2-1-4-12(15)11-17/h1-7,10H,8-9,11,17H2. The largest absolute Gasteiger partial charge is 0.492 e. The first kappa shape index (κ1) is 15.8. The monoisotopic (exact) mass is 325 g/mol. The number of ether oxygens (including phenoxy) is 1. The lowest BCUT2D eigenvalue weighted by Crippen LogP contribution is -2.15. The van der Waals surface area contributed by atoms with E-state index in [4.69, 9.17) is 22.1 Å². The van der Waals surface area contributed by atoms with Crippen LogP contribution in [0.15, 0.2) is 53.4 Å². The number of sulfone groups is 1. The summed E-state index contributed by atoms with van der Waals surface area (Å²) in [6, 6.07) is 13.5. The van der Waals surface area contributed by atoms with E-state index in [-0.39, 0.29) is 17.3 Å². The first-order chi connectivity index (χ1) is 10.0. The van der Waals surface area contributed by atoms with Gasteiger partial charge in [-0.3, -0.25) is 0 Å². The Labute approximate surface area is 129 Å². The lowest BCUT2D eigenvalue weighted by atomic mass is 10.2. The smallest absolute Gasteiger partial charge is 0.181 e. The van der Waals surface area contributed by atoms with Crippen molar-refractivity contribution in [2.45, 2.75) is 11.4 Å². The minimum Gasteiger partial charge on any atom is -0.492 e. The first-order valence-electron chi connectivity index (χ1n) is 6.42. The van der Waals surface area contributed by atoms with Gasteiger partial charge >= 0.3 is 0 Å². The van der Waals surface area contributed by atoms with E-state index in [0.29, 0.717) is 17.3 Å². The van der Waals surface area contributed by atoms with Crippen LogP contribution in [0.5, 0.6) is 5.75 Å². The number of benzene rings is 2. The van der Waals surface area contributed by atoms with Gasteiger partial charge in [0.15, 0.2) is 9.84 Å². The van der Waals surface area contributed by atoms with Gasteiger partial charge in [0.05, 0.1) is 10.6 Å². The van der Waals surface area contributed by atoms with Crippen molar-refractivity contribution in [1.29, 1.82) is 0 Å². The van der Waals surface area contributed by atoms with Gasteiger partial charge in [0, 0.05) is 17.1 Å². The Hall–Kier alpha value is -1.56. The van der Waals surface area contributed by atoms with Crippen LogP contribution in [0, 0.1) is 0 Å². The van der Waals surface area contributed by atoms with Crippen molar-refractivity contribution in [2.75, 3.05) is 12.4 Å². The minimum atomic E-state index is -3.41. The molecule has 2 rings (SSSR count). The van der Waals surface area contributed by atoms with E-state index in [0.717, 1.165) is 5.56 Å². The average Bonchev–Trinajstić information content (AvgIpc) is 2.47. The van der Waals surface area contributed by atoms with Crippen LogP contribution in [0.1, 0.15) is 5.56 Å². The molecule has 0 aliphatic rings. The molecule has 0 saturated carbocycles. The molecule has 2 aromatic carbocycles. The molecule has 0 radical (unpaired) electrons. The fourth-order valence-corrected chi connectivity index (χ4v) is 3.24. The first-order valence-corrected chi connectivity index (χ1v) is 8.45. The zero-order chi connectivity index (χ0) is 15.3. The molecule has 0 saturated heterocycles. The summed E-state index contributed by atoms with van der Waals surface area (Å²) >= 11 is 5.81. The third-order valence-electron chi connectivity index (χ3n) is 2.96. The van der Waals surface area contributed by atoms with Crippen LogP contribution in [0.25, 0.3) is 0 Å². The zero-order valence-corrected chi connectivity index (χ0v) is 12.9. The minimum absolute atomic E-state index is 0.0614. The van der Waals surface area contributed by atoms with Gasteiger partial charge < -0.3 is 10.5 Å². The highest BCUT2D eigenvalue weighted by Gasteiger charge is 2.15. The quantitative estimate of drug-likeness (QED) is 0.886. The van der Waals surface area contributed by atoms with Crippen molar-refractivity contribution in [2.24, 2.45) is 5.73 Å². The van der Waals surface area contributed by atoms with E-state index in [9.17, 15) is 8.42 Å². The van der Waals surface area contributed by atoms with E-state index in [2.05, 4.69) is 0 Å². The maximum Gasteiger partial charge on any atom is 0.181 e. The fraction of sp³-hybridized carbons (Fsp3) is 0.200. The summed E-state index contributed by atoms with van der Waals surface area (Å²) in [4.78, 5) is 0.200. The molecular formula is C15H16ClNO3S. The zero-order valence-electron chi connectivity index (χ0n) is 11.3. The number of halogens is 1. The van der Waals surface area contributed by atoms with Crippen molar-refractivity contribution in [1.82, 2.24) is 0 Å². The number of hydrogen-bond donors (Lipinski definition) is 1. The lowest BCUT2D eigenvalue weighted by Gasteiger charge is -2.10. The highest BCUT2D eigenvalue weighted by Crippen LogP contribution is 2.19. The van der Waals surface area contributed by atoms with E-state index < -0.39 is 9.84 Å². The van der Waals surface area contributed by atoms with Crippen LogP contribution < -0.4 is 10.5 Å². The van der Waals surface area contributed by atoms with E-state index in [1.165, 1.54) is 12.1 Å². The summed E-state index contributed by atoms with van der Waals surface area (Å²) in [6.45, 7) is 0.406. The maximum atomic E-state index is 12.2. The molecule has 0 spiro atoms. The van der Waals surface area contributed by atoms with Crippen LogP contribution in [0.3, 0.4) is 0 Å². The van der Waals surface area contributed by atoms with Gasteiger partial charge in [0.2, 0.25) is 0 Å². The fourth-order valence-electron chi connectivity index (χ4n) is 1.85. The van der Waals surface area contributed by atoms with E-state index in [1.807, 2.05) is 18.2 Å². The number of rotatable bonds is 6. The number of nitrogens with two attached hydrogens (primary N) is 1. The highest BCUT2D eigenvalue weighted by molar-refractivity contribution is 7.91. The summed E-state index contributed by atoms with van der Waals surface area (Å²) in [7, 11) is -3.41. The molecule has 21 heavy (non-hydrogen) atoms. The molecular weight excluding hydrogens is 310 g/mol. The molecule has 2 aromatic rings. The van der Waals surface area contributed by atoms with Crippen LogP contribution in [0.2, 0.25) is 5.02 Å². The van der Waals surface area contributed by atoms with Gasteiger partial charge in [-0.15, -0.1) is 0 Å². The predicted octanol–water partition coefficient (Wildman–Crippen LogP) is 2.65. The second-order valence-corrected chi connectivity index (χ2v) is 6.98. The third kappa shape index (κ3) is 4.20. The Morgan fingerprint density at radius 3 is 2.57 bits per heavy atom. The molecule has 0 aliphatic heterocycles. The van der Waals surface area contributed by atoms with Crippen molar-refractivity contribution < 1.29 is 13.2 Å². The topological polar surface area (TPSA) is 69.4 Å². The second kappa shape index (κ2) is 6.93. The predicted molar refractivity (Wildman–Crippen MR) is 83.3 cm³/mol. The molecule has 0 amide bonds. The van der Waals surface area contributed by atoms with E-state index >= 15 is 0 Å². The molecule has 4 nitrogen and oxygen atoms in total. The molecule has 0 unspecified atom stereocenters. The van der Waals surface area contributed by atoms with Crippen molar-refractivity contribution in [3.05, 3.63) is 59.1 Å². The maximum absolute atomic E-state index is 12.2. The summed E-state index contributed by atoms with van der Waals surface area (Å²) in [5, 5.41) is 0.394. The second-order valence-electron chi connectivity index (χ2n) is 4.44. The molecule has 0 atom stereocenters. The Kier molecular flexibility index (Phi) is 5.22. The van der Waals surface area contributed by atoms with Gasteiger partial charge in [-0.05, 0) is 24.3 Å². The summed E-state index contributed by atoms with van der Waals surface area (Å²) in [5.74, 6) is 0.494. The number of para-hydroxylation sites is 1. The van der Waals surface area contributed by atoms with Gasteiger partial charge in [-0.25, -0.2) is 8.42 Å². The average molecular weight is 326 g/mol. The van der Waals surface area contributed by atoms with Gasteiger partial charge in [0.1, 0.15) is 12.4 Å². The van der Waals surface area contributed by atoms with Crippen LogP contribution in [-0.4, -0.2) is 20.8 Å². The Bertz CT molecular complexity index is 716.